The Morgan fingerprint density at radius 3 is 2.00 bits per heavy atom. The highest BCUT2D eigenvalue weighted by molar-refractivity contribution is 7.87. The van der Waals surface area contributed by atoms with Gasteiger partial charge in [0.25, 0.3) is 0 Å². The summed E-state index contributed by atoms with van der Waals surface area (Å²) in [6, 6.07) is 12.6. The minimum Gasteiger partial charge on any atom is -0.379 e. The molecule has 1 N–H and O–H groups in total. The Morgan fingerprint density at radius 2 is 1.50 bits per heavy atom. The van der Waals surface area contributed by atoms with Crippen LogP contribution in [0.1, 0.15) is 26.3 Å². The Hall–Kier alpha value is -2.34. The van der Waals surface area contributed by atoms with Gasteiger partial charge in [0, 0.05) is 11.1 Å². The summed E-state index contributed by atoms with van der Waals surface area (Å²) >= 11 is 0. The van der Waals surface area contributed by atoms with Gasteiger partial charge in [-0.15, -0.1) is 0 Å². The van der Waals surface area contributed by atoms with Gasteiger partial charge in [-0.1, -0.05) is 38.5 Å². The van der Waals surface area contributed by atoms with Crippen LogP contribution in [0, 0.1) is 12.3 Å². The molecular formula is C18H21NO4S. The average Bonchev–Trinajstić information content (AvgIpc) is 2.48. The van der Waals surface area contributed by atoms with E-state index in [4.69, 9.17) is 4.18 Å². The lowest BCUT2D eigenvalue weighted by Gasteiger charge is -2.17. The number of rotatable bonds is 4. The molecule has 0 spiro atoms. The van der Waals surface area contributed by atoms with E-state index in [0.717, 1.165) is 5.56 Å². The van der Waals surface area contributed by atoms with Crippen LogP contribution in [0.25, 0.3) is 0 Å². The maximum absolute atomic E-state index is 12.2. The van der Waals surface area contributed by atoms with E-state index >= 15 is 0 Å². The number of aryl methyl sites for hydroxylation is 1. The van der Waals surface area contributed by atoms with Gasteiger partial charge in [-0.3, -0.25) is 4.79 Å². The fourth-order valence-corrected chi connectivity index (χ4v) is 2.72. The molecule has 2 aromatic carbocycles. The largest absolute Gasteiger partial charge is 0.379 e. The number of nitrogens with one attached hydrogen (secondary N) is 1. The van der Waals surface area contributed by atoms with Gasteiger partial charge >= 0.3 is 10.1 Å². The van der Waals surface area contributed by atoms with Crippen LogP contribution in [0.4, 0.5) is 5.69 Å². The number of carbonyl (C=O) groups excluding carboxylic acids is 1. The molecule has 0 aromatic heterocycles. The van der Waals surface area contributed by atoms with Crippen LogP contribution in [-0.4, -0.2) is 14.3 Å². The Bertz CT molecular complexity index is 817. The summed E-state index contributed by atoms with van der Waals surface area (Å²) in [5.74, 6) is 0.0628. The first-order chi connectivity index (χ1) is 11.1. The molecule has 0 heterocycles. The number of benzene rings is 2. The summed E-state index contributed by atoms with van der Waals surface area (Å²) in [6.07, 6.45) is 0. The minimum absolute atomic E-state index is 0.0956. The van der Waals surface area contributed by atoms with Gasteiger partial charge in [0.1, 0.15) is 10.6 Å². The highest BCUT2D eigenvalue weighted by Gasteiger charge is 2.21. The van der Waals surface area contributed by atoms with E-state index in [1.54, 1.807) is 24.3 Å². The molecule has 24 heavy (non-hydrogen) atoms. The van der Waals surface area contributed by atoms with Crippen LogP contribution < -0.4 is 9.50 Å². The summed E-state index contributed by atoms with van der Waals surface area (Å²) in [6.45, 7) is 7.32. The molecule has 0 saturated heterocycles. The number of anilines is 1. The van der Waals surface area contributed by atoms with E-state index in [1.165, 1.54) is 24.3 Å². The lowest BCUT2D eigenvalue weighted by Crippen LogP contribution is -2.27. The first-order valence-corrected chi connectivity index (χ1v) is 8.91. The second-order valence-corrected chi connectivity index (χ2v) is 8.13. The lowest BCUT2D eigenvalue weighted by molar-refractivity contribution is -0.123. The lowest BCUT2D eigenvalue weighted by atomic mass is 9.95. The number of carbonyl (C=O) groups is 1. The third-order valence-electron chi connectivity index (χ3n) is 3.31. The minimum atomic E-state index is -3.88. The van der Waals surface area contributed by atoms with Crippen LogP contribution in [0.3, 0.4) is 0 Å². The fourth-order valence-electron chi connectivity index (χ4n) is 1.79. The zero-order valence-corrected chi connectivity index (χ0v) is 15.0. The van der Waals surface area contributed by atoms with Gasteiger partial charge in [-0.2, -0.15) is 8.42 Å². The second kappa shape index (κ2) is 6.65. The molecule has 1 amide bonds. The molecule has 0 aliphatic carbocycles. The maximum Gasteiger partial charge on any atom is 0.339 e. The SMILES string of the molecule is Cc1ccc(S(=O)(=O)Oc2ccc(NC(=O)C(C)(C)C)cc2)cc1. The van der Waals surface area contributed by atoms with Crippen LogP contribution >= 0.6 is 0 Å². The Kier molecular flexibility index (Phi) is 4.99. The summed E-state index contributed by atoms with van der Waals surface area (Å²) < 4.78 is 29.5. The van der Waals surface area contributed by atoms with Crippen molar-refractivity contribution in [2.75, 3.05) is 5.32 Å². The van der Waals surface area contributed by atoms with Gasteiger partial charge in [0.15, 0.2) is 0 Å². The molecule has 0 aliphatic heterocycles. The zero-order chi connectivity index (χ0) is 18.0. The Morgan fingerprint density at radius 1 is 0.958 bits per heavy atom. The van der Waals surface area contributed by atoms with Crippen molar-refractivity contribution in [2.45, 2.75) is 32.6 Å². The standard InChI is InChI=1S/C18H21NO4S/c1-13-5-11-16(12-6-13)24(21,22)23-15-9-7-14(8-10-15)19-17(20)18(2,3)4/h5-12H,1-4H3,(H,19,20). The van der Waals surface area contributed by atoms with E-state index in [-0.39, 0.29) is 16.6 Å². The number of hydrogen-bond donors (Lipinski definition) is 1. The third kappa shape index (κ3) is 4.58. The number of amides is 1. The first kappa shape index (κ1) is 18.0. The fraction of sp³-hybridized carbons (Fsp3) is 0.278. The molecule has 128 valence electrons. The van der Waals surface area contributed by atoms with E-state index in [1.807, 2.05) is 27.7 Å². The summed E-state index contributed by atoms with van der Waals surface area (Å²) in [5.41, 5.74) is 1.03. The molecule has 0 aliphatic rings. The molecule has 0 radical (unpaired) electrons. The molecule has 0 saturated carbocycles. The van der Waals surface area contributed by atoms with Crippen molar-refractivity contribution >= 4 is 21.7 Å². The molecule has 6 heteroatoms. The molecule has 0 unspecified atom stereocenters. The second-order valence-electron chi connectivity index (χ2n) is 6.58. The van der Waals surface area contributed by atoms with Crippen molar-refractivity contribution in [3.63, 3.8) is 0 Å². The molecular weight excluding hydrogens is 326 g/mol. The third-order valence-corrected chi connectivity index (χ3v) is 4.57. The molecule has 0 bridgehead atoms. The summed E-state index contributed by atoms with van der Waals surface area (Å²) in [5, 5.41) is 2.77. The Balaban J connectivity index is 2.11. The normalized spacial score (nSPS) is 11.8. The van der Waals surface area contributed by atoms with Crippen molar-refractivity contribution in [1.82, 2.24) is 0 Å². The predicted octanol–water partition coefficient (Wildman–Crippen LogP) is 3.75. The molecule has 2 rings (SSSR count). The molecule has 0 fully saturated rings. The Labute approximate surface area is 142 Å². The molecule has 0 atom stereocenters. The van der Waals surface area contributed by atoms with E-state index in [2.05, 4.69) is 5.32 Å². The average molecular weight is 347 g/mol. The van der Waals surface area contributed by atoms with E-state index < -0.39 is 15.5 Å². The van der Waals surface area contributed by atoms with Crippen molar-refractivity contribution in [3.05, 3.63) is 54.1 Å². The number of hydrogen-bond acceptors (Lipinski definition) is 4. The predicted molar refractivity (Wildman–Crippen MR) is 93.5 cm³/mol. The highest BCUT2D eigenvalue weighted by atomic mass is 32.2. The molecule has 5 nitrogen and oxygen atoms in total. The van der Waals surface area contributed by atoms with Gasteiger partial charge in [-0.25, -0.2) is 0 Å². The first-order valence-electron chi connectivity index (χ1n) is 7.51. The van der Waals surface area contributed by atoms with Crippen molar-refractivity contribution < 1.29 is 17.4 Å². The highest BCUT2D eigenvalue weighted by Crippen LogP contribution is 2.22. The summed E-state index contributed by atoms with van der Waals surface area (Å²) in [4.78, 5) is 12.0. The summed E-state index contributed by atoms with van der Waals surface area (Å²) in [7, 11) is -3.88. The van der Waals surface area contributed by atoms with E-state index in [9.17, 15) is 13.2 Å². The quantitative estimate of drug-likeness (QED) is 0.855. The monoisotopic (exact) mass is 347 g/mol. The van der Waals surface area contributed by atoms with Crippen molar-refractivity contribution in [1.29, 1.82) is 0 Å². The van der Waals surface area contributed by atoms with Crippen LogP contribution in [0.5, 0.6) is 5.75 Å². The van der Waals surface area contributed by atoms with Gasteiger partial charge in [-0.05, 0) is 43.3 Å². The van der Waals surface area contributed by atoms with E-state index in [0.29, 0.717) is 5.69 Å². The topological polar surface area (TPSA) is 72.5 Å². The van der Waals surface area contributed by atoms with Crippen LogP contribution in [0.15, 0.2) is 53.4 Å². The smallest absolute Gasteiger partial charge is 0.339 e. The van der Waals surface area contributed by atoms with Gasteiger partial charge in [0.2, 0.25) is 5.91 Å². The van der Waals surface area contributed by atoms with Crippen molar-refractivity contribution in [3.8, 4) is 5.75 Å². The zero-order valence-electron chi connectivity index (χ0n) is 14.2. The van der Waals surface area contributed by atoms with Crippen LogP contribution in [0.2, 0.25) is 0 Å². The maximum atomic E-state index is 12.2. The van der Waals surface area contributed by atoms with Gasteiger partial charge in [0.05, 0.1) is 0 Å². The van der Waals surface area contributed by atoms with Gasteiger partial charge < -0.3 is 9.50 Å². The molecule has 2 aromatic rings. The van der Waals surface area contributed by atoms with Crippen molar-refractivity contribution in [2.24, 2.45) is 5.41 Å². The van der Waals surface area contributed by atoms with Crippen LogP contribution in [-0.2, 0) is 14.9 Å².